The highest BCUT2D eigenvalue weighted by Crippen LogP contribution is 2.64. The van der Waals surface area contributed by atoms with E-state index in [9.17, 15) is 4.79 Å². The van der Waals surface area contributed by atoms with E-state index >= 15 is 0 Å². The third kappa shape index (κ3) is 2.45. The van der Waals surface area contributed by atoms with Gasteiger partial charge in [0.2, 0.25) is 5.91 Å². The van der Waals surface area contributed by atoms with Crippen molar-refractivity contribution in [1.82, 2.24) is 15.2 Å². The summed E-state index contributed by atoms with van der Waals surface area (Å²) >= 11 is 0. The van der Waals surface area contributed by atoms with Crippen molar-refractivity contribution in [2.45, 2.75) is 24.7 Å². The zero-order valence-electron chi connectivity index (χ0n) is 16.5. The summed E-state index contributed by atoms with van der Waals surface area (Å²) < 4.78 is 0. The number of amides is 1. The molecular weight excluding hydrogens is 372 g/mol. The molecular formula is C25H20N4O. The van der Waals surface area contributed by atoms with Gasteiger partial charge in [0.1, 0.15) is 0 Å². The summed E-state index contributed by atoms with van der Waals surface area (Å²) in [6.45, 7) is 1.98. The Hall–Kier alpha value is -3.73. The molecule has 1 fully saturated rings. The number of benzene rings is 2. The number of carbonyl (C=O) groups is 1. The minimum atomic E-state index is -0.410. The van der Waals surface area contributed by atoms with Gasteiger partial charge < -0.3 is 5.32 Å². The summed E-state index contributed by atoms with van der Waals surface area (Å²) in [5.74, 6) is 0.322. The highest BCUT2D eigenvalue weighted by atomic mass is 16.2. The summed E-state index contributed by atoms with van der Waals surface area (Å²) in [4.78, 5) is 17.0. The monoisotopic (exact) mass is 392 g/mol. The van der Waals surface area contributed by atoms with Crippen molar-refractivity contribution in [1.29, 1.82) is 0 Å². The maximum atomic E-state index is 12.8. The van der Waals surface area contributed by atoms with Crippen LogP contribution in [0.2, 0.25) is 0 Å². The molecule has 2 aromatic carbocycles. The lowest BCUT2D eigenvalue weighted by atomic mass is 9.92. The van der Waals surface area contributed by atoms with Crippen LogP contribution in [0.15, 0.2) is 60.8 Å². The lowest BCUT2D eigenvalue weighted by Gasteiger charge is -2.08. The van der Waals surface area contributed by atoms with E-state index in [-0.39, 0.29) is 11.8 Å². The first-order valence-corrected chi connectivity index (χ1v) is 10.1. The van der Waals surface area contributed by atoms with Crippen molar-refractivity contribution in [3.05, 3.63) is 88.9 Å². The van der Waals surface area contributed by atoms with Gasteiger partial charge in [0.25, 0.3) is 0 Å². The van der Waals surface area contributed by atoms with E-state index < -0.39 is 5.41 Å². The number of carbonyl (C=O) groups excluding carboxylic acids is 1. The molecule has 2 aliphatic rings. The summed E-state index contributed by atoms with van der Waals surface area (Å²) in [5, 5.41) is 11.8. The first kappa shape index (κ1) is 17.2. The number of H-pyrrole nitrogens is 1. The fourth-order valence-corrected chi connectivity index (χ4v) is 4.80. The minimum absolute atomic E-state index is 0.120. The van der Waals surface area contributed by atoms with Crippen molar-refractivity contribution in [2.24, 2.45) is 0 Å². The molecule has 30 heavy (non-hydrogen) atoms. The zero-order chi connectivity index (χ0) is 20.3. The fourth-order valence-electron chi connectivity index (χ4n) is 4.80. The quantitative estimate of drug-likeness (QED) is 0.525. The Morgan fingerprint density at radius 3 is 2.90 bits per heavy atom. The van der Waals surface area contributed by atoms with E-state index in [1.165, 1.54) is 5.56 Å². The number of aryl methyl sites for hydroxylation is 1. The van der Waals surface area contributed by atoms with Crippen LogP contribution < -0.4 is 5.32 Å². The molecule has 6 rings (SSSR count). The average Bonchev–Trinajstić information content (AvgIpc) is 3.29. The number of aromatic nitrogens is 3. The molecule has 0 bridgehead atoms. The molecule has 0 saturated heterocycles. The Balaban J connectivity index is 1.32. The molecule has 1 spiro atoms. The summed E-state index contributed by atoms with van der Waals surface area (Å²) in [7, 11) is 0. The van der Waals surface area contributed by atoms with Crippen molar-refractivity contribution < 1.29 is 4.79 Å². The third-order valence-corrected chi connectivity index (χ3v) is 6.40. The number of rotatable bonds is 3. The van der Waals surface area contributed by atoms with Gasteiger partial charge in [-0.25, -0.2) is 0 Å². The number of para-hydroxylation sites is 1. The highest BCUT2D eigenvalue weighted by Gasteiger charge is 2.65. The number of anilines is 1. The van der Waals surface area contributed by atoms with Gasteiger partial charge in [-0.2, -0.15) is 5.10 Å². The molecule has 4 aromatic rings. The Kier molecular flexibility index (Phi) is 3.51. The van der Waals surface area contributed by atoms with Crippen molar-refractivity contribution in [2.75, 3.05) is 5.32 Å². The van der Waals surface area contributed by atoms with Crippen molar-refractivity contribution >= 4 is 34.6 Å². The second-order valence-corrected chi connectivity index (χ2v) is 8.21. The molecule has 0 unspecified atom stereocenters. The average molecular weight is 392 g/mol. The third-order valence-electron chi connectivity index (χ3n) is 6.40. The normalized spacial score (nSPS) is 22.0. The standard InChI is InChI=1S/C25H20N4O/c1-15-12-16(10-11-26-15)6-9-21-18-8-7-17(13-23(18)29-28-21)20-14-25(20)19-4-2-3-5-22(19)27-24(25)30/h2-13,20H,14H2,1H3,(H,27,30)(H,28,29)/t20-,25-/m0/s1. The Morgan fingerprint density at radius 1 is 1.10 bits per heavy atom. The maximum Gasteiger partial charge on any atom is 0.235 e. The van der Waals surface area contributed by atoms with E-state index in [0.717, 1.165) is 45.5 Å². The number of hydrogen-bond acceptors (Lipinski definition) is 3. The molecule has 2 aromatic heterocycles. The lowest BCUT2D eigenvalue weighted by molar-refractivity contribution is -0.118. The van der Waals surface area contributed by atoms with Gasteiger partial charge >= 0.3 is 0 Å². The summed E-state index contributed by atoms with van der Waals surface area (Å²) in [6.07, 6.45) is 6.73. The van der Waals surface area contributed by atoms with Gasteiger partial charge in [0.15, 0.2) is 0 Å². The number of pyridine rings is 1. The van der Waals surface area contributed by atoms with E-state index in [4.69, 9.17) is 0 Å². The molecule has 1 amide bonds. The number of nitrogens with zero attached hydrogens (tertiary/aromatic N) is 2. The van der Waals surface area contributed by atoms with Gasteiger partial charge in [-0.1, -0.05) is 36.4 Å². The molecule has 5 heteroatoms. The van der Waals surface area contributed by atoms with Crippen LogP contribution in [0.4, 0.5) is 5.69 Å². The van der Waals surface area contributed by atoms with Gasteiger partial charge in [0, 0.05) is 28.9 Å². The molecule has 0 radical (unpaired) electrons. The number of aromatic amines is 1. The van der Waals surface area contributed by atoms with Gasteiger partial charge in [0.05, 0.1) is 16.6 Å². The first-order chi connectivity index (χ1) is 14.6. The summed E-state index contributed by atoms with van der Waals surface area (Å²) in [5.41, 5.74) is 6.83. The number of hydrogen-bond donors (Lipinski definition) is 2. The molecule has 3 heterocycles. The number of fused-ring (bicyclic) bond motifs is 3. The van der Waals surface area contributed by atoms with Crippen LogP contribution >= 0.6 is 0 Å². The Bertz CT molecular complexity index is 1350. The molecule has 146 valence electrons. The molecule has 1 aliphatic carbocycles. The predicted octanol–water partition coefficient (Wildman–Crippen LogP) is 4.81. The van der Waals surface area contributed by atoms with E-state index in [2.05, 4.69) is 44.8 Å². The van der Waals surface area contributed by atoms with Gasteiger partial charge in [-0.3, -0.25) is 14.9 Å². The largest absolute Gasteiger partial charge is 0.325 e. The van der Waals surface area contributed by atoms with Crippen LogP contribution in [0.3, 0.4) is 0 Å². The second-order valence-electron chi connectivity index (χ2n) is 8.21. The van der Waals surface area contributed by atoms with Crippen LogP contribution in [0.1, 0.15) is 40.4 Å². The van der Waals surface area contributed by atoms with Crippen LogP contribution in [-0.4, -0.2) is 21.1 Å². The number of nitrogens with one attached hydrogen (secondary N) is 2. The first-order valence-electron chi connectivity index (χ1n) is 10.1. The second kappa shape index (κ2) is 6.13. The minimum Gasteiger partial charge on any atom is -0.325 e. The predicted molar refractivity (Wildman–Crippen MR) is 118 cm³/mol. The van der Waals surface area contributed by atoms with Crippen molar-refractivity contribution in [3.8, 4) is 0 Å². The van der Waals surface area contributed by atoms with E-state index in [0.29, 0.717) is 0 Å². The molecule has 5 nitrogen and oxygen atoms in total. The van der Waals surface area contributed by atoms with Gasteiger partial charge in [-0.05, 0) is 60.4 Å². The highest BCUT2D eigenvalue weighted by molar-refractivity contribution is 6.09. The topological polar surface area (TPSA) is 70.7 Å². The SMILES string of the molecule is Cc1cc(C=Cc2n[nH]c3cc([C@@H]4C[C@@]45C(=O)Nc4ccccc45)ccc23)ccn1. The van der Waals surface area contributed by atoms with Crippen molar-refractivity contribution in [3.63, 3.8) is 0 Å². The maximum absolute atomic E-state index is 12.8. The zero-order valence-corrected chi connectivity index (χ0v) is 16.5. The van der Waals surface area contributed by atoms with E-state index in [1.807, 2.05) is 55.6 Å². The Morgan fingerprint density at radius 2 is 2.00 bits per heavy atom. The summed E-state index contributed by atoms with van der Waals surface area (Å²) in [6, 6.07) is 18.4. The lowest BCUT2D eigenvalue weighted by Crippen LogP contribution is -2.20. The van der Waals surface area contributed by atoms with E-state index in [1.54, 1.807) is 0 Å². The molecule has 1 saturated carbocycles. The van der Waals surface area contributed by atoms with Crippen LogP contribution in [0, 0.1) is 6.92 Å². The molecule has 1 aliphatic heterocycles. The fraction of sp³-hybridized carbons (Fsp3) is 0.160. The smallest absolute Gasteiger partial charge is 0.235 e. The van der Waals surface area contributed by atoms with Crippen LogP contribution in [-0.2, 0) is 10.2 Å². The van der Waals surface area contributed by atoms with Crippen LogP contribution in [0.25, 0.3) is 23.1 Å². The Labute approximate surface area is 173 Å². The van der Waals surface area contributed by atoms with Crippen LogP contribution in [0.5, 0.6) is 0 Å². The molecule has 2 atom stereocenters. The molecule has 2 N–H and O–H groups in total. The van der Waals surface area contributed by atoms with Gasteiger partial charge in [-0.15, -0.1) is 0 Å².